The summed E-state index contributed by atoms with van der Waals surface area (Å²) >= 11 is 1.60. The van der Waals surface area contributed by atoms with Crippen LogP contribution in [0.15, 0.2) is 29.6 Å². The molecule has 5 rings (SSSR count). The quantitative estimate of drug-likeness (QED) is 0.541. The van der Waals surface area contributed by atoms with E-state index in [2.05, 4.69) is 20.6 Å². The second-order valence-electron chi connectivity index (χ2n) is 7.77. The van der Waals surface area contributed by atoms with Gasteiger partial charge in [0.05, 0.1) is 15.9 Å². The van der Waals surface area contributed by atoms with Crippen LogP contribution in [0.1, 0.15) is 12.8 Å². The topological polar surface area (TPSA) is 93.6 Å². The van der Waals surface area contributed by atoms with Gasteiger partial charge >= 0.3 is 0 Å². The molecule has 3 heterocycles. The van der Waals surface area contributed by atoms with Gasteiger partial charge in [-0.15, -0.1) is 11.3 Å². The molecule has 8 nitrogen and oxygen atoms in total. The summed E-state index contributed by atoms with van der Waals surface area (Å²) < 4.78 is 15.9. The van der Waals surface area contributed by atoms with Crippen LogP contribution < -0.4 is 15.5 Å². The van der Waals surface area contributed by atoms with E-state index in [1.165, 1.54) is 6.07 Å². The molecule has 0 atom stereocenters. The lowest BCUT2D eigenvalue weighted by Crippen LogP contribution is -2.49. The minimum atomic E-state index is -0.494. The summed E-state index contributed by atoms with van der Waals surface area (Å²) in [7, 11) is 0. The molecule has 0 unspecified atom stereocenters. The Balaban J connectivity index is 1.31. The van der Waals surface area contributed by atoms with Gasteiger partial charge in [-0.05, 0) is 42.5 Å². The van der Waals surface area contributed by atoms with Crippen LogP contribution >= 0.6 is 11.3 Å². The molecule has 1 aliphatic carbocycles. The van der Waals surface area contributed by atoms with Crippen molar-refractivity contribution >= 4 is 50.6 Å². The maximum absolute atomic E-state index is 14.9. The minimum absolute atomic E-state index is 0.294. The van der Waals surface area contributed by atoms with Gasteiger partial charge in [-0.2, -0.15) is 4.98 Å². The second-order valence-corrected chi connectivity index (χ2v) is 8.68. The molecular weight excluding hydrogens is 419 g/mol. The summed E-state index contributed by atoms with van der Waals surface area (Å²) in [5.41, 5.74) is 1.92. The summed E-state index contributed by atoms with van der Waals surface area (Å²) in [4.78, 5) is 24.3. The van der Waals surface area contributed by atoms with Crippen molar-refractivity contribution in [2.24, 2.45) is 0 Å². The van der Waals surface area contributed by atoms with Crippen molar-refractivity contribution in [1.82, 2.24) is 14.9 Å². The number of aromatic nitrogens is 2. The molecule has 1 saturated heterocycles. The molecule has 3 N–H and O–H groups in total. The van der Waals surface area contributed by atoms with Gasteiger partial charge < -0.3 is 25.5 Å². The summed E-state index contributed by atoms with van der Waals surface area (Å²) in [5, 5.41) is 17.5. The number of rotatable bonds is 6. The van der Waals surface area contributed by atoms with E-state index in [0.29, 0.717) is 49.5 Å². The summed E-state index contributed by atoms with van der Waals surface area (Å²) in [6.07, 6.45) is 2.30. The Morgan fingerprint density at radius 3 is 2.71 bits per heavy atom. The number of anilines is 4. The van der Waals surface area contributed by atoms with E-state index in [0.717, 1.165) is 28.9 Å². The fraction of sp³-hybridized carbons (Fsp3) is 0.381. The molecule has 1 aromatic carbocycles. The van der Waals surface area contributed by atoms with E-state index in [-0.39, 0.29) is 11.7 Å². The second kappa shape index (κ2) is 8.27. The fourth-order valence-corrected chi connectivity index (χ4v) is 4.49. The number of amides is 1. The maximum atomic E-state index is 14.9. The number of aliphatic hydroxyl groups is 1. The first kappa shape index (κ1) is 20.0. The Bertz CT molecular complexity index is 1110. The highest BCUT2D eigenvalue weighted by molar-refractivity contribution is 7.17. The summed E-state index contributed by atoms with van der Waals surface area (Å²) in [6, 6.07) is 7.40. The molecule has 2 fully saturated rings. The molecule has 31 heavy (non-hydrogen) atoms. The number of carbonyl (C=O) groups is 1. The van der Waals surface area contributed by atoms with Crippen molar-refractivity contribution in [3.63, 3.8) is 0 Å². The Hall–Kier alpha value is -2.98. The van der Waals surface area contributed by atoms with Gasteiger partial charge in [0.15, 0.2) is 0 Å². The number of nitrogens with one attached hydrogen (secondary N) is 2. The van der Waals surface area contributed by atoms with E-state index in [1.54, 1.807) is 28.4 Å². The lowest BCUT2D eigenvalue weighted by atomic mass is 10.2. The average molecular weight is 443 g/mol. The number of fused-ring (bicyclic) bond motifs is 1. The molecule has 10 heteroatoms. The van der Waals surface area contributed by atoms with Gasteiger partial charge in [-0.1, -0.05) is 0 Å². The van der Waals surface area contributed by atoms with Crippen molar-refractivity contribution in [2.45, 2.75) is 18.9 Å². The molecule has 2 aliphatic rings. The lowest BCUT2D eigenvalue weighted by Gasteiger charge is -2.36. The van der Waals surface area contributed by atoms with Crippen LogP contribution in [0.2, 0.25) is 0 Å². The third-order valence-corrected chi connectivity index (χ3v) is 6.44. The zero-order chi connectivity index (χ0) is 21.4. The van der Waals surface area contributed by atoms with Gasteiger partial charge in [0.2, 0.25) is 11.9 Å². The molecule has 1 aliphatic heterocycles. The largest absolute Gasteiger partial charge is 0.387 e. The fourth-order valence-electron chi connectivity index (χ4n) is 3.71. The van der Waals surface area contributed by atoms with Gasteiger partial charge in [0, 0.05) is 37.9 Å². The van der Waals surface area contributed by atoms with Gasteiger partial charge in [-0.3, -0.25) is 4.79 Å². The third-order valence-electron chi connectivity index (χ3n) is 5.53. The first-order chi connectivity index (χ1) is 15.1. The van der Waals surface area contributed by atoms with E-state index in [4.69, 9.17) is 5.11 Å². The monoisotopic (exact) mass is 442 g/mol. The summed E-state index contributed by atoms with van der Waals surface area (Å²) in [5.74, 6) is 0.604. The van der Waals surface area contributed by atoms with Crippen molar-refractivity contribution in [3.05, 3.63) is 35.5 Å². The van der Waals surface area contributed by atoms with Gasteiger partial charge in [-0.25, -0.2) is 9.37 Å². The first-order valence-corrected chi connectivity index (χ1v) is 11.2. The molecular formula is C21H23FN6O2S. The Morgan fingerprint density at radius 2 is 2.00 bits per heavy atom. The number of thiophene rings is 1. The van der Waals surface area contributed by atoms with E-state index >= 15 is 0 Å². The van der Waals surface area contributed by atoms with Crippen molar-refractivity contribution in [1.29, 1.82) is 0 Å². The lowest BCUT2D eigenvalue weighted by molar-refractivity contribution is -0.134. The Morgan fingerprint density at radius 1 is 1.19 bits per heavy atom. The number of hydrogen-bond acceptors (Lipinski definition) is 8. The molecule has 2 aromatic heterocycles. The Kier molecular flexibility index (Phi) is 5.33. The minimum Gasteiger partial charge on any atom is -0.387 e. The highest BCUT2D eigenvalue weighted by atomic mass is 32.1. The predicted molar refractivity (Wildman–Crippen MR) is 120 cm³/mol. The van der Waals surface area contributed by atoms with Crippen LogP contribution in [0.4, 0.5) is 27.5 Å². The molecule has 1 saturated carbocycles. The molecule has 1 amide bonds. The van der Waals surface area contributed by atoms with Crippen molar-refractivity contribution in [2.75, 3.05) is 48.3 Å². The zero-order valence-electron chi connectivity index (χ0n) is 16.8. The van der Waals surface area contributed by atoms with E-state index in [9.17, 15) is 9.18 Å². The van der Waals surface area contributed by atoms with Crippen LogP contribution in [0.25, 0.3) is 10.2 Å². The summed E-state index contributed by atoms with van der Waals surface area (Å²) in [6.45, 7) is 1.47. The molecule has 0 spiro atoms. The number of benzene rings is 1. The van der Waals surface area contributed by atoms with E-state index < -0.39 is 6.61 Å². The van der Waals surface area contributed by atoms with Crippen LogP contribution in [-0.2, 0) is 4.79 Å². The Labute approximate surface area is 182 Å². The highest BCUT2D eigenvalue weighted by Crippen LogP contribution is 2.33. The number of aliphatic hydroxyl groups excluding tert-OH is 1. The number of hydrogen-bond donors (Lipinski definition) is 3. The van der Waals surface area contributed by atoms with Crippen LogP contribution in [0, 0.1) is 5.82 Å². The van der Waals surface area contributed by atoms with Gasteiger partial charge in [0.25, 0.3) is 0 Å². The zero-order valence-corrected chi connectivity index (χ0v) is 17.7. The molecule has 0 radical (unpaired) electrons. The number of halogens is 1. The molecule has 0 bridgehead atoms. The molecule has 162 valence electrons. The average Bonchev–Trinajstić information content (AvgIpc) is 3.46. The number of nitrogens with zero attached hydrogens (tertiary/aromatic N) is 4. The van der Waals surface area contributed by atoms with Crippen molar-refractivity contribution in [3.8, 4) is 0 Å². The third kappa shape index (κ3) is 4.26. The van der Waals surface area contributed by atoms with E-state index in [1.807, 2.05) is 16.3 Å². The highest BCUT2D eigenvalue weighted by Gasteiger charge is 2.24. The number of piperazine rings is 1. The number of carbonyl (C=O) groups excluding carboxylic acids is 1. The first-order valence-electron chi connectivity index (χ1n) is 10.3. The predicted octanol–water partition coefficient (Wildman–Crippen LogP) is 2.79. The van der Waals surface area contributed by atoms with Crippen LogP contribution in [-0.4, -0.2) is 64.7 Å². The smallest absolute Gasteiger partial charge is 0.248 e. The standard InChI is InChI=1S/C21H23FN6O2S/c22-15-11-14(3-4-17(15)27-6-8-28(9-7-27)18(30)12-29)24-21-25-16-5-10-31-19(16)20(26-21)23-13-1-2-13/h3-5,10-11,13,29H,1-2,6-9,12H2,(H2,23,24,25,26). The van der Waals surface area contributed by atoms with Crippen molar-refractivity contribution < 1.29 is 14.3 Å². The maximum Gasteiger partial charge on any atom is 0.248 e. The normalized spacial score (nSPS) is 16.6. The van der Waals surface area contributed by atoms with Crippen LogP contribution in [0.3, 0.4) is 0 Å². The van der Waals surface area contributed by atoms with Crippen LogP contribution in [0.5, 0.6) is 0 Å². The molecule has 3 aromatic rings. The SMILES string of the molecule is O=C(CO)N1CCN(c2ccc(Nc3nc(NC4CC4)c4sccc4n3)cc2F)CC1. The van der Waals surface area contributed by atoms with Gasteiger partial charge in [0.1, 0.15) is 18.2 Å².